The van der Waals surface area contributed by atoms with Crippen molar-refractivity contribution in [2.45, 2.75) is 32.4 Å². The molecule has 1 atom stereocenters. The molecule has 3 heteroatoms. The van der Waals surface area contributed by atoms with Gasteiger partial charge in [-0.2, -0.15) is 0 Å². The van der Waals surface area contributed by atoms with Gasteiger partial charge < -0.3 is 15.2 Å². The molecule has 0 aromatic carbocycles. The monoisotopic (exact) mass is 174 g/mol. The molecule has 2 N–H and O–H groups in total. The van der Waals surface area contributed by atoms with E-state index in [2.05, 4.69) is 12.2 Å². The molecule has 1 radical (unpaired) electrons. The second-order valence-corrected chi connectivity index (χ2v) is 3.15. The molecule has 0 aliphatic carbocycles. The van der Waals surface area contributed by atoms with Crippen LogP contribution in [0.3, 0.4) is 0 Å². The number of rotatable bonds is 7. The van der Waals surface area contributed by atoms with E-state index < -0.39 is 6.10 Å². The molecule has 0 aliphatic heterocycles. The predicted molar refractivity (Wildman–Crippen MR) is 49.9 cm³/mol. The SMILES string of the molecule is [CH2]CCOCC(O)CNC(C)C. The van der Waals surface area contributed by atoms with Gasteiger partial charge in [-0.3, -0.25) is 0 Å². The summed E-state index contributed by atoms with van der Waals surface area (Å²) in [4.78, 5) is 0. The van der Waals surface area contributed by atoms with Crippen LogP contribution in [0.1, 0.15) is 20.3 Å². The van der Waals surface area contributed by atoms with Crippen molar-refractivity contribution in [3.05, 3.63) is 6.92 Å². The van der Waals surface area contributed by atoms with Crippen LogP contribution < -0.4 is 5.32 Å². The molecule has 3 nitrogen and oxygen atoms in total. The molecule has 73 valence electrons. The Bertz CT molecular complexity index is 96.5. The van der Waals surface area contributed by atoms with E-state index in [4.69, 9.17) is 4.74 Å². The van der Waals surface area contributed by atoms with E-state index in [9.17, 15) is 5.11 Å². The van der Waals surface area contributed by atoms with E-state index in [1.165, 1.54) is 0 Å². The van der Waals surface area contributed by atoms with Crippen LogP contribution in [0.25, 0.3) is 0 Å². The molecule has 0 saturated heterocycles. The fourth-order valence-electron chi connectivity index (χ4n) is 0.752. The van der Waals surface area contributed by atoms with E-state index in [0.29, 0.717) is 25.8 Å². The van der Waals surface area contributed by atoms with Gasteiger partial charge in [0.15, 0.2) is 0 Å². The third kappa shape index (κ3) is 7.98. The van der Waals surface area contributed by atoms with Crippen LogP contribution in [0.4, 0.5) is 0 Å². The summed E-state index contributed by atoms with van der Waals surface area (Å²) in [7, 11) is 0. The lowest BCUT2D eigenvalue weighted by atomic mass is 10.3. The predicted octanol–water partition coefficient (Wildman–Crippen LogP) is 0.586. The van der Waals surface area contributed by atoms with Gasteiger partial charge >= 0.3 is 0 Å². The van der Waals surface area contributed by atoms with Gasteiger partial charge in [-0.1, -0.05) is 20.8 Å². The first-order valence-electron chi connectivity index (χ1n) is 4.45. The quantitative estimate of drug-likeness (QED) is 0.555. The Kier molecular flexibility index (Phi) is 7.45. The normalized spacial score (nSPS) is 13.8. The average molecular weight is 174 g/mol. The smallest absolute Gasteiger partial charge is 0.0897 e. The molecular weight excluding hydrogens is 154 g/mol. The Morgan fingerprint density at radius 2 is 2.17 bits per heavy atom. The molecule has 0 aliphatic rings. The number of nitrogens with one attached hydrogen (secondary N) is 1. The molecule has 0 amide bonds. The molecule has 0 saturated carbocycles. The van der Waals surface area contributed by atoms with Crippen molar-refractivity contribution in [3.63, 3.8) is 0 Å². The van der Waals surface area contributed by atoms with E-state index >= 15 is 0 Å². The van der Waals surface area contributed by atoms with Crippen LogP contribution >= 0.6 is 0 Å². The van der Waals surface area contributed by atoms with E-state index in [0.717, 1.165) is 6.42 Å². The maximum absolute atomic E-state index is 9.32. The highest BCUT2D eigenvalue weighted by Crippen LogP contribution is 1.87. The summed E-state index contributed by atoms with van der Waals surface area (Å²) < 4.78 is 5.12. The minimum Gasteiger partial charge on any atom is -0.389 e. The molecule has 0 bridgehead atoms. The van der Waals surface area contributed by atoms with Crippen molar-refractivity contribution in [3.8, 4) is 0 Å². The molecule has 0 aromatic rings. The summed E-state index contributed by atoms with van der Waals surface area (Å²) in [6, 6.07) is 0.410. The lowest BCUT2D eigenvalue weighted by Gasteiger charge is -2.13. The summed E-state index contributed by atoms with van der Waals surface area (Å²) in [5.41, 5.74) is 0. The van der Waals surface area contributed by atoms with Crippen LogP contribution in [0, 0.1) is 6.92 Å². The van der Waals surface area contributed by atoms with Crippen LogP contribution in [-0.2, 0) is 4.74 Å². The van der Waals surface area contributed by atoms with Crippen LogP contribution in [0.5, 0.6) is 0 Å². The summed E-state index contributed by atoms with van der Waals surface area (Å²) in [5, 5.41) is 12.4. The fraction of sp³-hybridized carbons (Fsp3) is 0.889. The molecule has 0 heterocycles. The van der Waals surface area contributed by atoms with Gasteiger partial charge in [0.25, 0.3) is 0 Å². The van der Waals surface area contributed by atoms with Crippen LogP contribution in [0.15, 0.2) is 0 Å². The van der Waals surface area contributed by atoms with Crippen molar-refractivity contribution in [2.75, 3.05) is 19.8 Å². The summed E-state index contributed by atoms with van der Waals surface area (Å²) in [5.74, 6) is 0. The minimum atomic E-state index is -0.404. The third-order valence-corrected chi connectivity index (χ3v) is 1.36. The molecule has 0 rings (SSSR count). The lowest BCUT2D eigenvalue weighted by molar-refractivity contribution is 0.0380. The Morgan fingerprint density at radius 1 is 1.50 bits per heavy atom. The third-order valence-electron chi connectivity index (χ3n) is 1.36. The number of aliphatic hydroxyl groups excluding tert-OH is 1. The summed E-state index contributed by atoms with van der Waals surface area (Å²) >= 11 is 0. The van der Waals surface area contributed by atoms with Gasteiger partial charge in [0, 0.05) is 19.2 Å². The average Bonchev–Trinajstić information content (AvgIpc) is 2.01. The van der Waals surface area contributed by atoms with E-state index in [-0.39, 0.29) is 0 Å². The van der Waals surface area contributed by atoms with Gasteiger partial charge in [0.2, 0.25) is 0 Å². The topological polar surface area (TPSA) is 41.5 Å². The first kappa shape index (κ1) is 11.9. The van der Waals surface area contributed by atoms with Crippen molar-refractivity contribution in [1.82, 2.24) is 5.32 Å². The number of hydrogen-bond acceptors (Lipinski definition) is 3. The first-order chi connectivity index (χ1) is 5.66. The maximum atomic E-state index is 9.32. The Labute approximate surface area is 75.1 Å². The highest BCUT2D eigenvalue weighted by molar-refractivity contribution is 4.60. The number of aliphatic hydroxyl groups is 1. The van der Waals surface area contributed by atoms with Crippen LogP contribution in [0.2, 0.25) is 0 Å². The summed E-state index contributed by atoms with van der Waals surface area (Å²) in [6.45, 7) is 9.34. The zero-order chi connectivity index (χ0) is 9.40. The van der Waals surface area contributed by atoms with E-state index in [1.807, 2.05) is 13.8 Å². The minimum absolute atomic E-state index is 0.398. The highest BCUT2D eigenvalue weighted by Gasteiger charge is 2.03. The van der Waals surface area contributed by atoms with Gasteiger partial charge in [0.1, 0.15) is 0 Å². The molecule has 0 fully saturated rings. The van der Waals surface area contributed by atoms with Gasteiger partial charge in [-0.05, 0) is 6.42 Å². The largest absolute Gasteiger partial charge is 0.389 e. The molecule has 0 spiro atoms. The first-order valence-corrected chi connectivity index (χ1v) is 4.45. The molecule has 1 unspecified atom stereocenters. The van der Waals surface area contributed by atoms with E-state index in [1.54, 1.807) is 0 Å². The Hall–Kier alpha value is -0.120. The van der Waals surface area contributed by atoms with Crippen molar-refractivity contribution >= 4 is 0 Å². The molecule has 0 aromatic heterocycles. The zero-order valence-electron chi connectivity index (χ0n) is 8.05. The van der Waals surface area contributed by atoms with Crippen LogP contribution in [-0.4, -0.2) is 37.0 Å². The number of hydrogen-bond donors (Lipinski definition) is 2. The maximum Gasteiger partial charge on any atom is 0.0897 e. The van der Waals surface area contributed by atoms with Crippen molar-refractivity contribution < 1.29 is 9.84 Å². The number of ether oxygens (including phenoxy) is 1. The lowest BCUT2D eigenvalue weighted by Crippen LogP contribution is -2.34. The molecular formula is C9H20NO2. The van der Waals surface area contributed by atoms with Gasteiger partial charge in [-0.15, -0.1) is 0 Å². The summed E-state index contributed by atoms with van der Waals surface area (Å²) in [6.07, 6.45) is 0.351. The Morgan fingerprint density at radius 3 is 2.67 bits per heavy atom. The fourth-order valence-corrected chi connectivity index (χ4v) is 0.752. The molecule has 12 heavy (non-hydrogen) atoms. The second-order valence-electron chi connectivity index (χ2n) is 3.15. The van der Waals surface area contributed by atoms with Crippen molar-refractivity contribution in [1.29, 1.82) is 0 Å². The zero-order valence-corrected chi connectivity index (χ0v) is 8.05. The standard InChI is InChI=1S/C9H20NO2/c1-4-5-12-7-9(11)6-10-8(2)3/h8-11H,1,4-7H2,2-3H3. The van der Waals surface area contributed by atoms with Crippen molar-refractivity contribution in [2.24, 2.45) is 0 Å². The van der Waals surface area contributed by atoms with Gasteiger partial charge in [0.05, 0.1) is 12.7 Å². The second kappa shape index (κ2) is 7.53. The van der Waals surface area contributed by atoms with Gasteiger partial charge in [-0.25, -0.2) is 0 Å². The highest BCUT2D eigenvalue weighted by atomic mass is 16.5. The Balaban J connectivity index is 3.15.